The first-order valence-corrected chi connectivity index (χ1v) is 6.27. The molecule has 1 aromatic carbocycles. The summed E-state index contributed by atoms with van der Waals surface area (Å²) in [6.07, 6.45) is 5.42. The van der Waals surface area contributed by atoms with Crippen molar-refractivity contribution in [3.63, 3.8) is 0 Å². The van der Waals surface area contributed by atoms with Crippen LogP contribution in [0.2, 0.25) is 10.0 Å². The highest BCUT2D eigenvalue weighted by Gasteiger charge is 2.15. The van der Waals surface area contributed by atoms with Gasteiger partial charge in [-0.05, 0) is 24.5 Å². The van der Waals surface area contributed by atoms with Gasteiger partial charge in [-0.3, -0.25) is 4.79 Å². The molecule has 0 N–H and O–H groups in total. The van der Waals surface area contributed by atoms with E-state index < -0.39 is 0 Å². The average Bonchev–Trinajstić information content (AvgIpc) is 2.84. The molecule has 17 heavy (non-hydrogen) atoms. The lowest BCUT2D eigenvalue weighted by Gasteiger charge is -2.11. The number of likely N-dealkylation sites (tertiary alicyclic amines) is 1. The van der Waals surface area contributed by atoms with Crippen LogP contribution < -0.4 is 0 Å². The quantitative estimate of drug-likeness (QED) is 0.753. The summed E-state index contributed by atoms with van der Waals surface area (Å²) < 4.78 is 0. The fourth-order valence-corrected chi connectivity index (χ4v) is 2.15. The monoisotopic (exact) mass is 268 g/mol. The van der Waals surface area contributed by atoms with E-state index in [0.29, 0.717) is 10.0 Å². The molecule has 1 aliphatic heterocycles. The van der Waals surface area contributed by atoms with Crippen LogP contribution in [-0.4, -0.2) is 23.9 Å². The highest BCUT2D eigenvalue weighted by molar-refractivity contribution is 6.42. The summed E-state index contributed by atoms with van der Waals surface area (Å²) in [6.45, 7) is 1.69. The number of carbonyl (C=O) groups is 1. The third-order valence-corrected chi connectivity index (χ3v) is 3.54. The molecule has 0 aromatic heterocycles. The van der Waals surface area contributed by atoms with Crippen molar-refractivity contribution in [1.29, 1.82) is 0 Å². The van der Waals surface area contributed by atoms with Gasteiger partial charge in [-0.25, -0.2) is 0 Å². The summed E-state index contributed by atoms with van der Waals surface area (Å²) in [5, 5.41) is 0.807. The standard InChI is InChI=1S/C13H12Cl2NO/c14-11-5-3-4-10(13(11)15)6-7-12(17)16-8-1-2-9-16/h3-4,6-7H,1-2,8-9H2/b7-6+. The lowest BCUT2D eigenvalue weighted by atomic mass is 10.2. The summed E-state index contributed by atoms with van der Waals surface area (Å²) in [6, 6.07) is 6.26. The Morgan fingerprint density at radius 1 is 1.35 bits per heavy atom. The van der Waals surface area contributed by atoms with Gasteiger partial charge in [0.15, 0.2) is 0 Å². The second kappa shape index (κ2) is 5.56. The van der Waals surface area contributed by atoms with Crippen LogP contribution in [0, 0.1) is 6.07 Å². The van der Waals surface area contributed by atoms with E-state index in [-0.39, 0.29) is 5.91 Å². The molecule has 0 aliphatic carbocycles. The molecule has 1 radical (unpaired) electrons. The molecule has 89 valence electrons. The third kappa shape index (κ3) is 3.02. The van der Waals surface area contributed by atoms with Crippen LogP contribution in [-0.2, 0) is 4.79 Å². The minimum Gasteiger partial charge on any atom is -0.339 e. The van der Waals surface area contributed by atoms with Gasteiger partial charge in [0.25, 0.3) is 0 Å². The van der Waals surface area contributed by atoms with Gasteiger partial charge in [0, 0.05) is 25.2 Å². The van der Waals surface area contributed by atoms with Gasteiger partial charge in [0.05, 0.1) is 10.0 Å². The van der Waals surface area contributed by atoms with E-state index in [4.69, 9.17) is 23.2 Å². The molecule has 1 fully saturated rings. The first-order chi connectivity index (χ1) is 8.18. The summed E-state index contributed by atoms with van der Waals surface area (Å²) in [5.74, 6) is 0.0301. The van der Waals surface area contributed by atoms with Crippen molar-refractivity contribution in [2.24, 2.45) is 0 Å². The van der Waals surface area contributed by atoms with Gasteiger partial charge in [-0.1, -0.05) is 35.3 Å². The molecule has 0 bridgehead atoms. The predicted octanol–water partition coefficient (Wildman–Crippen LogP) is 3.43. The largest absolute Gasteiger partial charge is 0.339 e. The molecule has 0 atom stereocenters. The normalized spacial score (nSPS) is 15.8. The van der Waals surface area contributed by atoms with Crippen LogP contribution >= 0.6 is 23.2 Å². The summed E-state index contributed by atoms with van der Waals surface area (Å²) >= 11 is 11.8. The summed E-state index contributed by atoms with van der Waals surface area (Å²) in [7, 11) is 0. The Labute approximate surface area is 111 Å². The molecule has 4 heteroatoms. The number of nitrogens with zero attached hydrogens (tertiary/aromatic N) is 1. The first kappa shape index (κ1) is 12.5. The van der Waals surface area contributed by atoms with Crippen LogP contribution in [0.5, 0.6) is 0 Å². The molecular weight excluding hydrogens is 257 g/mol. The second-order valence-electron chi connectivity index (χ2n) is 3.93. The maximum absolute atomic E-state index is 11.8. The van der Waals surface area contributed by atoms with Gasteiger partial charge < -0.3 is 4.90 Å². The van der Waals surface area contributed by atoms with E-state index in [1.165, 1.54) is 0 Å². The highest BCUT2D eigenvalue weighted by Crippen LogP contribution is 2.26. The number of hydrogen-bond acceptors (Lipinski definition) is 1. The number of benzene rings is 1. The van der Waals surface area contributed by atoms with E-state index in [0.717, 1.165) is 31.5 Å². The van der Waals surface area contributed by atoms with Crippen LogP contribution in [0.1, 0.15) is 18.4 Å². The maximum atomic E-state index is 11.8. The van der Waals surface area contributed by atoms with Crippen LogP contribution in [0.25, 0.3) is 6.08 Å². The van der Waals surface area contributed by atoms with Gasteiger partial charge >= 0.3 is 0 Å². The molecule has 1 heterocycles. The fourth-order valence-electron chi connectivity index (χ4n) is 1.80. The number of amides is 1. The van der Waals surface area contributed by atoms with E-state index in [2.05, 4.69) is 6.07 Å². The SMILES string of the molecule is O=C(/C=C/c1cc[c]c(Cl)c1Cl)N1CCCC1. The lowest BCUT2D eigenvalue weighted by Crippen LogP contribution is -2.25. The Hall–Kier alpha value is -0.990. The van der Waals surface area contributed by atoms with Crippen molar-refractivity contribution in [3.8, 4) is 0 Å². The summed E-state index contributed by atoms with van der Waals surface area (Å²) in [5.41, 5.74) is 0.739. The van der Waals surface area contributed by atoms with Crippen molar-refractivity contribution in [3.05, 3.63) is 39.9 Å². The number of hydrogen-bond donors (Lipinski definition) is 0. The molecule has 0 unspecified atom stereocenters. The third-order valence-electron chi connectivity index (χ3n) is 2.74. The van der Waals surface area contributed by atoms with Gasteiger partial charge in [-0.2, -0.15) is 0 Å². The van der Waals surface area contributed by atoms with E-state index in [1.54, 1.807) is 24.3 Å². The zero-order valence-corrected chi connectivity index (χ0v) is 10.8. The van der Waals surface area contributed by atoms with E-state index >= 15 is 0 Å². The van der Waals surface area contributed by atoms with Gasteiger partial charge in [0.1, 0.15) is 0 Å². The maximum Gasteiger partial charge on any atom is 0.246 e. The van der Waals surface area contributed by atoms with Crippen molar-refractivity contribution in [1.82, 2.24) is 4.90 Å². The Balaban J connectivity index is 2.09. The van der Waals surface area contributed by atoms with Crippen LogP contribution in [0.3, 0.4) is 0 Å². The Morgan fingerprint density at radius 2 is 2.06 bits per heavy atom. The van der Waals surface area contributed by atoms with Gasteiger partial charge in [0.2, 0.25) is 5.91 Å². The summed E-state index contributed by atoms with van der Waals surface area (Å²) in [4.78, 5) is 13.6. The molecule has 1 aromatic rings. The topological polar surface area (TPSA) is 20.3 Å². The molecule has 0 saturated carbocycles. The Bertz CT molecular complexity index is 451. The molecule has 1 aliphatic rings. The smallest absolute Gasteiger partial charge is 0.246 e. The fraction of sp³-hybridized carbons (Fsp3) is 0.308. The molecular formula is C13H12Cl2NO. The van der Waals surface area contributed by atoms with Crippen molar-refractivity contribution < 1.29 is 4.79 Å². The number of rotatable bonds is 2. The Morgan fingerprint density at radius 3 is 2.76 bits per heavy atom. The van der Waals surface area contributed by atoms with Crippen LogP contribution in [0.15, 0.2) is 18.2 Å². The van der Waals surface area contributed by atoms with Crippen molar-refractivity contribution in [2.45, 2.75) is 12.8 Å². The molecule has 2 rings (SSSR count). The number of halogens is 2. The minimum atomic E-state index is 0.0301. The van der Waals surface area contributed by atoms with E-state index in [1.807, 2.05) is 4.90 Å². The predicted molar refractivity (Wildman–Crippen MR) is 70.1 cm³/mol. The second-order valence-corrected chi connectivity index (χ2v) is 4.68. The van der Waals surface area contributed by atoms with Crippen LogP contribution in [0.4, 0.5) is 0 Å². The molecule has 2 nitrogen and oxygen atoms in total. The van der Waals surface area contributed by atoms with E-state index in [9.17, 15) is 4.79 Å². The number of carbonyl (C=O) groups excluding carboxylic acids is 1. The van der Waals surface area contributed by atoms with Gasteiger partial charge in [-0.15, -0.1) is 0 Å². The lowest BCUT2D eigenvalue weighted by molar-refractivity contribution is -0.124. The van der Waals surface area contributed by atoms with Crippen molar-refractivity contribution in [2.75, 3.05) is 13.1 Å². The minimum absolute atomic E-state index is 0.0301. The molecule has 1 saturated heterocycles. The first-order valence-electron chi connectivity index (χ1n) is 5.51. The molecule has 0 spiro atoms. The zero-order valence-electron chi connectivity index (χ0n) is 9.25. The highest BCUT2D eigenvalue weighted by atomic mass is 35.5. The zero-order chi connectivity index (χ0) is 12.3. The Kier molecular flexibility index (Phi) is 4.08. The average molecular weight is 269 g/mol. The molecule has 1 amide bonds. The van der Waals surface area contributed by atoms with Crippen molar-refractivity contribution >= 4 is 35.2 Å².